The highest BCUT2D eigenvalue weighted by Gasteiger charge is 2.18. The minimum absolute atomic E-state index is 0.285. The van der Waals surface area contributed by atoms with Crippen LogP contribution < -0.4 is 10.5 Å². The van der Waals surface area contributed by atoms with E-state index in [0.29, 0.717) is 5.69 Å². The fourth-order valence-corrected chi connectivity index (χ4v) is 2.25. The fourth-order valence-electron chi connectivity index (χ4n) is 2.25. The summed E-state index contributed by atoms with van der Waals surface area (Å²) >= 11 is 0. The summed E-state index contributed by atoms with van der Waals surface area (Å²) in [5.74, 6) is 1.04. The standard InChI is InChI=1S/C16H15N3O2/c1-10-8-12(6-7-18-10)15-14(16(17)21-19-15)11-4-3-5-13(9-11)20-2/h3-9H,17H2,1-2H3. The van der Waals surface area contributed by atoms with E-state index >= 15 is 0 Å². The molecule has 0 spiro atoms. The van der Waals surface area contributed by atoms with Gasteiger partial charge in [-0.05, 0) is 36.8 Å². The van der Waals surface area contributed by atoms with Crippen molar-refractivity contribution < 1.29 is 9.26 Å². The Bertz CT molecular complexity index is 781. The second-order valence-corrected chi connectivity index (χ2v) is 4.69. The Morgan fingerprint density at radius 3 is 2.76 bits per heavy atom. The molecule has 2 heterocycles. The normalized spacial score (nSPS) is 10.6. The zero-order chi connectivity index (χ0) is 14.8. The van der Waals surface area contributed by atoms with Crippen LogP contribution in [-0.2, 0) is 0 Å². The van der Waals surface area contributed by atoms with Crippen molar-refractivity contribution in [1.29, 1.82) is 0 Å². The number of pyridine rings is 1. The highest BCUT2D eigenvalue weighted by atomic mass is 16.5. The average molecular weight is 281 g/mol. The second kappa shape index (κ2) is 5.28. The van der Waals surface area contributed by atoms with E-state index in [9.17, 15) is 0 Å². The van der Waals surface area contributed by atoms with Crippen molar-refractivity contribution in [3.8, 4) is 28.1 Å². The van der Waals surface area contributed by atoms with Crippen molar-refractivity contribution in [3.63, 3.8) is 0 Å². The molecule has 0 radical (unpaired) electrons. The van der Waals surface area contributed by atoms with Gasteiger partial charge < -0.3 is 15.0 Å². The zero-order valence-corrected chi connectivity index (χ0v) is 11.8. The number of nitrogens with two attached hydrogens (primary N) is 1. The molecular weight excluding hydrogens is 266 g/mol. The third kappa shape index (κ3) is 2.45. The molecule has 0 saturated carbocycles. The Kier molecular flexibility index (Phi) is 3.31. The SMILES string of the molecule is COc1cccc(-c2c(-c3ccnc(C)c3)noc2N)c1. The average Bonchev–Trinajstić information content (AvgIpc) is 2.89. The van der Waals surface area contributed by atoms with Crippen LogP contribution in [0.25, 0.3) is 22.4 Å². The van der Waals surface area contributed by atoms with Gasteiger partial charge in [-0.1, -0.05) is 17.3 Å². The summed E-state index contributed by atoms with van der Waals surface area (Å²) in [6.45, 7) is 1.93. The maximum absolute atomic E-state index is 5.95. The van der Waals surface area contributed by atoms with E-state index in [1.165, 1.54) is 0 Å². The Labute approximate surface area is 122 Å². The molecule has 3 rings (SSSR count). The molecule has 0 fully saturated rings. The molecule has 0 amide bonds. The van der Waals surface area contributed by atoms with Gasteiger partial charge in [-0.3, -0.25) is 4.98 Å². The quantitative estimate of drug-likeness (QED) is 0.797. The minimum Gasteiger partial charge on any atom is -0.497 e. The molecule has 5 nitrogen and oxygen atoms in total. The minimum atomic E-state index is 0.285. The summed E-state index contributed by atoms with van der Waals surface area (Å²) in [6, 6.07) is 11.5. The molecular formula is C16H15N3O2. The van der Waals surface area contributed by atoms with Crippen LogP contribution in [0.3, 0.4) is 0 Å². The maximum atomic E-state index is 5.95. The molecule has 1 aromatic carbocycles. The van der Waals surface area contributed by atoms with Gasteiger partial charge in [0.25, 0.3) is 0 Å². The molecule has 0 aliphatic heterocycles. The molecule has 3 aromatic rings. The van der Waals surface area contributed by atoms with E-state index in [1.54, 1.807) is 13.3 Å². The Balaban J connectivity index is 2.17. The van der Waals surface area contributed by atoms with E-state index in [1.807, 2.05) is 43.3 Å². The molecule has 0 bridgehead atoms. The molecule has 0 aliphatic rings. The number of anilines is 1. The van der Waals surface area contributed by atoms with Gasteiger partial charge in [-0.2, -0.15) is 0 Å². The van der Waals surface area contributed by atoms with Crippen LogP contribution in [0.15, 0.2) is 47.1 Å². The monoisotopic (exact) mass is 281 g/mol. The Hall–Kier alpha value is -2.82. The molecule has 2 N–H and O–H groups in total. The van der Waals surface area contributed by atoms with E-state index in [2.05, 4.69) is 10.1 Å². The summed E-state index contributed by atoms with van der Waals surface area (Å²) in [7, 11) is 1.63. The molecule has 21 heavy (non-hydrogen) atoms. The smallest absolute Gasteiger partial charge is 0.230 e. The number of aromatic nitrogens is 2. The van der Waals surface area contributed by atoms with E-state index in [0.717, 1.165) is 28.1 Å². The van der Waals surface area contributed by atoms with Crippen molar-refractivity contribution >= 4 is 5.88 Å². The molecule has 0 unspecified atom stereocenters. The highest BCUT2D eigenvalue weighted by molar-refractivity contribution is 5.87. The molecule has 2 aromatic heterocycles. The number of rotatable bonds is 3. The van der Waals surface area contributed by atoms with Crippen LogP contribution >= 0.6 is 0 Å². The lowest BCUT2D eigenvalue weighted by molar-refractivity contribution is 0.415. The summed E-state index contributed by atoms with van der Waals surface area (Å²) < 4.78 is 10.4. The van der Waals surface area contributed by atoms with E-state index in [-0.39, 0.29) is 5.88 Å². The van der Waals surface area contributed by atoms with Gasteiger partial charge in [0.1, 0.15) is 11.4 Å². The lowest BCUT2D eigenvalue weighted by atomic mass is 10.0. The van der Waals surface area contributed by atoms with Gasteiger partial charge >= 0.3 is 0 Å². The molecule has 0 saturated heterocycles. The number of ether oxygens (including phenoxy) is 1. The first-order valence-electron chi connectivity index (χ1n) is 6.51. The Morgan fingerprint density at radius 1 is 1.14 bits per heavy atom. The highest BCUT2D eigenvalue weighted by Crippen LogP contribution is 2.37. The third-order valence-corrected chi connectivity index (χ3v) is 3.25. The maximum Gasteiger partial charge on any atom is 0.230 e. The first-order valence-corrected chi connectivity index (χ1v) is 6.51. The Morgan fingerprint density at radius 2 is 2.00 bits per heavy atom. The lowest BCUT2D eigenvalue weighted by Gasteiger charge is -2.05. The van der Waals surface area contributed by atoms with Gasteiger partial charge in [-0.25, -0.2) is 0 Å². The number of nitrogen functional groups attached to an aromatic ring is 1. The summed E-state index contributed by atoms with van der Waals surface area (Å²) in [6.07, 6.45) is 1.74. The largest absolute Gasteiger partial charge is 0.497 e. The van der Waals surface area contributed by atoms with Gasteiger partial charge in [-0.15, -0.1) is 0 Å². The number of benzene rings is 1. The molecule has 0 aliphatic carbocycles. The number of nitrogens with zero attached hydrogens (tertiary/aromatic N) is 2. The van der Waals surface area contributed by atoms with Crippen molar-refractivity contribution in [2.24, 2.45) is 0 Å². The van der Waals surface area contributed by atoms with E-state index < -0.39 is 0 Å². The van der Waals surface area contributed by atoms with Crippen LogP contribution in [0.5, 0.6) is 5.75 Å². The topological polar surface area (TPSA) is 74.2 Å². The summed E-state index contributed by atoms with van der Waals surface area (Å²) in [5.41, 5.74) is 10.1. The molecule has 5 heteroatoms. The van der Waals surface area contributed by atoms with Crippen LogP contribution in [-0.4, -0.2) is 17.3 Å². The number of hydrogen-bond donors (Lipinski definition) is 1. The van der Waals surface area contributed by atoms with Crippen LogP contribution in [0.2, 0.25) is 0 Å². The third-order valence-electron chi connectivity index (χ3n) is 3.25. The van der Waals surface area contributed by atoms with Crippen molar-refractivity contribution in [3.05, 3.63) is 48.3 Å². The first kappa shape index (κ1) is 13.2. The van der Waals surface area contributed by atoms with Gasteiger partial charge in [0.2, 0.25) is 5.88 Å². The lowest BCUT2D eigenvalue weighted by Crippen LogP contribution is -1.90. The predicted molar refractivity (Wildman–Crippen MR) is 80.9 cm³/mol. The van der Waals surface area contributed by atoms with Crippen molar-refractivity contribution in [2.75, 3.05) is 12.8 Å². The fraction of sp³-hybridized carbons (Fsp3) is 0.125. The number of hydrogen-bond acceptors (Lipinski definition) is 5. The van der Waals surface area contributed by atoms with Crippen LogP contribution in [0, 0.1) is 6.92 Å². The van der Waals surface area contributed by atoms with Crippen LogP contribution in [0.4, 0.5) is 5.88 Å². The number of methoxy groups -OCH3 is 1. The molecule has 106 valence electrons. The van der Waals surface area contributed by atoms with Crippen molar-refractivity contribution in [1.82, 2.24) is 10.1 Å². The molecule has 0 atom stereocenters. The summed E-state index contributed by atoms with van der Waals surface area (Å²) in [5, 5.41) is 4.09. The summed E-state index contributed by atoms with van der Waals surface area (Å²) in [4.78, 5) is 4.19. The van der Waals surface area contributed by atoms with Gasteiger partial charge in [0.05, 0.1) is 12.7 Å². The second-order valence-electron chi connectivity index (χ2n) is 4.69. The van der Waals surface area contributed by atoms with Crippen molar-refractivity contribution in [2.45, 2.75) is 6.92 Å². The van der Waals surface area contributed by atoms with Gasteiger partial charge in [0, 0.05) is 17.5 Å². The first-order chi connectivity index (χ1) is 10.2. The number of aryl methyl sites for hydroxylation is 1. The van der Waals surface area contributed by atoms with Gasteiger partial charge in [0.15, 0.2) is 0 Å². The van der Waals surface area contributed by atoms with E-state index in [4.69, 9.17) is 15.0 Å². The van der Waals surface area contributed by atoms with Crippen LogP contribution in [0.1, 0.15) is 5.69 Å². The predicted octanol–water partition coefficient (Wildman–Crippen LogP) is 3.30. The zero-order valence-electron chi connectivity index (χ0n) is 11.8.